The van der Waals surface area contributed by atoms with E-state index in [0.29, 0.717) is 23.8 Å². The second-order valence-corrected chi connectivity index (χ2v) is 7.37. The third-order valence-electron chi connectivity index (χ3n) is 4.62. The van der Waals surface area contributed by atoms with Crippen LogP contribution in [0.15, 0.2) is 34.7 Å². The first-order valence-corrected chi connectivity index (χ1v) is 10.4. The summed E-state index contributed by atoms with van der Waals surface area (Å²) in [6, 6.07) is 9.60. The third-order valence-corrected chi connectivity index (χ3v) is 5.20. The van der Waals surface area contributed by atoms with Crippen LogP contribution >= 0.6 is 11.8 Å². The lowest BCUT2D eigenvalue weighted by molar-refractivity contribution is 0.0681. The van der Waals surface area contributed by atoms with Crippen LogP contribution in [0.1, 0.15) is 29.2 Å². The highest BCUT2D eigenvalue weighted by Crippen LogP contribution is 2.30. The molecular formula is C20H26N2O4S. The van der Waals surface area contributed by atoms with Gasteiger partial charge in [0.1, 0.15) is 5.76 Å². The van der Waals surface area contributed by atoms with Crippen LogP contribution in [0.25, 0.3) is 0 Å². The van der Waals surface area contributed by atoms with Crippen molar-refractivity contribution in [3.05, 3.63) is 41.9 Å². The van der Waals surface area contributed by atoms with Crippen molar-refractivity contribution < 1.29 is 18.7 Å². The van der Waals surface area contributed by atoms with Gasteiger partial charge in [-0.3, -0.25) is 4.79 Å². The molecule has 1 atom stereocenters. The molecule has 6 nitrogen and oxygen atoms in total. The summed E-state index contributed by atoms with van der Waals surface area (Å²) in [6.07, 6.45) is 3.97. The van der Waals surface area contributed by atoms with Crippen LogP contribution in [-0.4, -0.2) is 50.4 Å². The van der Waals surface area contributed by atoms with Gasteiger partial charge < -0.3 is 24.1 Å². The lowest BCUT2D eigenvalue weighted by Gasteiger charge is -2.33. The first-order chi connectivity index (χ1) is 13.1. The van der Waals surface area contributed by atoms with E-state index < -0.39 is 0 Å². The summed E-state index contributed by atoms with van der Waals surface area (Å²) in [6.45, 7) is 1.40. The van der Waals surface area contributed by atoms with Gasteiger partial charge in [-0.15, -0.1) is 0 Å². The van der Waals surface area contributed by atoms with Gasteiger partial charge in [0.2, 0.25) is 0 Å². The molecule has 0 unspecified atom stereocenters. The number of carbonyl (C=O) groups excluding carboxylic acids is 1. The average Bonchev–Trinajstić information content (AvgIpc) is 3.16. The number of furan rings is 1. The van der Waals surface area contributed by atoms with Crippen molar-refractivity contribution in [1.82, 2.24) is 4.90 Å². The van der Waals surface area contributed by atoms with E-state index in [0.717, 1.165) is 36.6 Å². The largest absolute Gasteiger partial charge is 0.493 e. The van der Waals surface area contributed by atoms with E-state index in [1.807, 2.05) is 35.4 Å². The molecule has 146 valence electrons. The molecule has 2 heterocycles. The molecule has 27 heavy (non-hydrogen) atoms. The van der Waals surface area contributed by atoms with Gasteiger partial charge in [0.05, 0.1) is 20.0 Å². The minimum Gasteiger partial charge on any atom is -0.493 e. The first kappa shape index (κ1) is 19.5. The van der Waals surface area contributed by atoms with Gasteiger partial charge in [-0.1, -0.05) is 0 Å². The number of piperidine rings is 1. The molecule has 1 amide bonds. The zero-order chi connectivity index (χ0) is 19.2. The Labute approximate surface area is 164 Å². The van der Waals surface area contributed by atoms with Crippen LogP contribution in [0.3, 0.4) is 0 Å². The maximum atomic E-state index is 12.8. The topological polar surface area (TPSA) is 63.9 Å². The van der Waals surface area contributed by atoms with Crippen LogP contribution in [-0.2, 0) is 5.75 Å². The normalized spacial score (nSPS) is 16.9. The number of thioether (sulfide) groups is 1. The number of amides is 1. The van der Waals surface area contributed by atoms with Gasteiger partial charge >= 0.3 is 0 Å². The lowest BCUT2D eigenvalue weighted by atomic mass is 10.0. The summed E-state index contributed by atoms with van der Waals surface area (Å²) in [7, 11) is 3.24. The highest BCUT2D eigenvalue weighted by atomic mass is 32.2. The Morgan fingerprint density at radius 2 is 2.07 bits per heavy atom. The van der Waals surface area contributed by atoms with Crippen LogP contribution < -0.4 is 14.8 Å². The highest BCUT2D eigenvalue weighted by molar-refractivity contribution is 7.97. The first-order valence-electron chi connectivity index (χ1n) is 9.00. The van der Waals surface area contributed by atoms with Gasteiger partial charge in [-0.2, -0.15) is 11.8 Å². The lowest BCUT2D eigenvalue weighted by Crippen LogP contribution is -2.45. The number of carbonyl (C=O) groups is 1. The van der Waals surface area contributed by atoms with Crippen LogP contribution in [0.4, 0.5) is 5.69 Å². The molecule has 2 aromatic rings. The molecule has 1 aromatic heterocycles. The number of rotatable bonds is 7. The molecule has 1 aliphatic heterocycles. The van der Waals surface area contributed by atoms with Crippen molar-refractivity contribution in [3.63, 3.8) is 0 Å². The highest BCUT2D eigenvalue weighted by Gasteiger charge is 2.26. The second kappa shape index (κ2) is 9.08. The Bertz CT molecular complexity index is 777. The maximum absolute atomic E-state index is 12.8. The Kier molecular flexibility index (Phi) is 6.55. The molecule has 7 heteroatoms. The van der Waals surface area contributed by atoms with E-state index in [4.69, 9.17) is 13.9 Å². The predicted octanol–water partition coefficient (Wildman–Crippen LogP) is 3.88. The summed E-state index contributed by atoms with van der Waals surface area (Å²) >= 11 is 1.67. The molecule has 3 rings (SSSR count). The number of hydrogen-bond acceptors (Lipinski definition) is 6. The number of ether oxygens (including phenoxy) is 2. The van der Waals surface area contributed by atoms with E-state index in [-0.39, 0.29) is 11.9 Å². The maximum Gasteiger partial charge on any atom is 0.289 e. The van der Waals surface area contributed by atoms with Crippen molar-refractivity contribution in [3.8, 4) is 11.5 Å². The Morgan fingerprint density at radius 3 is 2.81 bits per heavy atom. The Morgan fingerprint density at radius 1 is 1.26 bits per heavy atom. The molecule has 1 N–H and O–H groups in total. The molecule has 0 aliphatic carbocycles. The van der Waals surface area contributed by atoms with E-state index in [1.54, 1.807) is 32.0 Å². The summed E-state index contributed by atoms with van der Waals surface area (Å²) in [5, 5.41) is 3.51. The van der Waals surface area contributed by atoms with E-state index in [1.165, 1.54) is 0 Å². The number of nitrogens with one attached hydrogen (secondary N) is 1. The van der Waals surface area contributed by atoms with Crippen molar-refractivity contribution in [2.45, 2.75) is 24.6 Å². The molecule has 0 saturated carbocycles. The number of nitrogens with zero attached hydrogens (tertiary/aromatic N) is 1. The monoisotopic (exact) mass is 390 g/mol. The van der Waals surface area contributed by atoms with Crippen molar-refractivity contribution in [2.75, 3.05) is 38.9 Å². The van der Waals surface area contributed by atoms with Gasteiger partial charge in [0, 0.05) is 30.9 Å². The standard InChI is InChI=1S/C20H26N2O4S/c1-24-17-8-6-14(11-19(17)25-2)21-15-5-4-10-22(12-15)20(23)18-9-7-16(26-18)13-27-3/h6-9,11,15,21H,4-5,10,12-13H2,1-3H3/t15-/m1/s1. The number of methoxy groups -OCH3 is 2. The molecule has 1 aromatic carbocycles. The summed E-state index contributed by atoms with van der Waals surface area (Å²) in [5.74, 6) is 3.37. The van der Waals surface area contributed by atoms with Gasteiger partial charge in [0.25, 0.3) is 5.91 Å². The van der Waals surface area contributed by atoms with Crippen molar-refractivity contribution in [1.29, 1.82) is 0 Å². The summed E-state index contributed by atoms with van der Waals surface area (Å²) < 4.78 is 16.3. The molecule has 0 bridgehead atoms. The van der Waals surface area contributed by atoms with Gasteiger partial charge in [-0.05, 0) is 43.4 Å². The molecule has 1 fully saturated rings. The van der Waals surface area contributed by atoms with Crippen molar-refractivity contribution >= 4 is 23.4 Å². The van der Waals surface area contributed by atoms with E-state index in [9.17, 15) is 4.79 Å². The summed E-state index contributed by atoms with van der Waals surface area (Å²) in [4.78, 5) is 14.6. The van der Waals surface area contributed by atoms with Gasteiger partial charge in [0.15, 0.2) is 17.3 Å². The third kappa shape index (κ3) is 4.71. The minimum absolute atomic E-state index is 0.0406. The zero-order valence-electron chi connectivity index (χ0n) is 16.0. The average molecular weight is 391 g/mol. The molecule has 0 spiro atoms. The quantitative estimate of drug-likeness (QED) is 0.774. The smallest absolute Gasteiger partial charge is 0.289 e. The fourth-order valence-electron chi connectivity index (χ4n) is 3.31. The number of anilines is 1. The predicted molar refractivity (Wildman–Crippen MR) is 108 cm³/mol. The van der Waals surface area contributed by atoms with Crippen LogP contribution in [0.5, 0.6) is 11.5 Å². The molecular weight excluding hydrogens is 364 g/mol. The second-order valence-electron chi connectivity index (χ2n) is 6.50. The fraction of sp³-hybridized carbons (Fsp3) is 0.450. The Balaban J connectivity index is 1.64. The number of benzene rings is 1. The zero-order valence-corrected chi connectivity index (χ0v) is 16.8. The van der Waals surface area contributed by atoms with Gasteiger partial charge in [-0.25, -0.2) is 0 Å². The van der Waals surface area contributed by atoms with Crippen molar-refractivity contribution in [2.24, 2.45) is 0 Å². The summed E-state index contributed by atoms with van der Waals surface area (Å²) in [5.41, 5.74) is 0.951. The molecule has 0 radical (unpaired) electrons. The number of likely N-dealkylation sites (tertiary alicyclic amines) is 1. The molecule has 1 saturated heterocycles. The van der Waals surface area contributed by atoms with Crippen LogP contribution in [0, 0.1) is 0 Å². The van der Waals surface area contributed by atoms with Crippen LogP contribution in [0.2, 0.25) is 0 Å². The fourth-order valence-corrected chi connectivity index (χ4v) is 3.75. The minimum atomic E-state index is -0.0406. The number of hydrogen-bond donors (Lipinski definition) is 1. The van der Waals surface area contributed by atoms with E-state index >= 15 is 0 Å². The molecule has 1 aliphatic rings. The Hall–Kier alpha value is -2.28. The SMILES string of the molecule is COc1ccc(N[C@@H]2CCCN(C(=O)c3ccc(CSC)o3)C2)cc1OC. The van der Waals surface area contributed by atoms with E-state index in [2.05, 4.69) is 5.32 Å².